The predicted molar refractivity (Wildman–Crippen MR) is 140 cm³/mol. The summed E-state index contributed by atoms with van der Waals surface area (Å²) in [6, 6.07) is 31.6. The van der Waals surface area contributed by atoms with Crippen LogP contribution in [-0.2, 0) is 16.4 Å². The van der Waals surface area contributed by atoms with E-state index in [-0.39, 0.29) is 4.90 Å². The first kappa shape index (κ1) is 30.7. The maximum absolute atomic E-state index is 12.4. The molecule has 12 heteroatoms. The number of aryl methyl sites for hydroxylation is 1. The Kier molecular flexibility index (Phi) is 10.3. The van der Waals surface area contributed by atoms with Gasteiger partial charge in [0.1, 0.15) is 0 Å². The summed E-state index contributed by atoms with van der Waals surface area (Å²) in [6.07, 6.45) is 2.97. The third kappa shape index (κ3) is 8.85. The van der Waals surface area contributed by atoms with Crippen LogP contribution in [0, 0.1) is 10.2 Å². The van der Waals surface area contributed by atoms with Crippen LogP contribution in [0.15, 0.2) is 106 Å². The molecule has 0 saturated carbocycles. The second-order valence-electron chi connectivity index (χ2n) is 8.65. The summed E-state index contributed by atoms with van der Waals surface area (Å²) in [4.78, 5) is 0.0347. The minimum atomic E-state index is -4.94. The first-order valence-corrected chi connectivity index (χ1v) is 14.8. The standard InChI is InChI=1S/C28H29N4O2S.ClHO4/c1-2-3-14-25-19-23(21-10-6-4-7-11-21)20-27(22-12-8-5-9-13-22)32(25)24-15-17-26(18-16-24)35(33,34)31-28(29)30;2-1(3,4)5/h4-13,15-20H,2-3,14H2,1H3,(H4,29,30,31);(H,2,3,4,5)/q+1;/p-1. The Morgan fingerprint density at radius 3 is 1.82 bits per heavy atom. The van der Waals surface area contributed by atoms with Crippen molar-refractivity contribution in [3.05, 3.63) is 103 Å². The number of nitrogens with two attached hydrogens (primary N) is 2. The second-order valence-corrected chi connectivity index (χ2v) is 11.0. The number of benzene rings is 3. The lowest BCUT2D eigenvalue weighted by Crippen LogP contribution is -2.68. The zero-order chi connectivity index (χ0) is 29.3. The van der Waals surface area contributed by atoms with Crippen LogP contribution in [0.3, 0.4) is 0 Å². The third-order valence-electron chi connectivity index (χ3n) is 5.72. The van der Waals surface area contributed by atoms with E-state index >= 15 is 0 Å². The number of pyridine rings is 1. The van der Waals surface area contributed by atoms with Crippen molar-refractivity contribution >= 4 is 16.0 Å². The molecule has 4 rings (SSSR count). The van der Waals surface area contributed by atoms with Gasteiger partial charge in [0, 0.05) is 36.2 Å². The number of aromatic nitrogens is 1. The van der Waals surface area contributed by atoms with Gasteiger partial charge in [-0.25, -0.2) is 18.6 Å². The van der Waals surface area contributed by atoms with E-state index in [0.717, 1.165) is 53.0 Å². The van der Waals surface area contributed by atoms with E-state index in [0.29, 0.717) is 0 Å². The van der Waals surface area contributed by atoms with Crippen molar-refractivity contribution in [2.45, 2.75) is 31.1 Å². The van der Waals surface area contributed by atoms with Crippen LogP contribution < -0.4 is 34.7 Å². The third-order valence-corrected chi connectivity index (χ3v) is 7.04. The van der Waals surface area contributed by atoms with Gasteiger partial charge in [-0.3, -0.25) is 0 Å². The Balaban J connectivity index is 0.000000810. The second kappa shape index (κ2) is 13.5. The van der Waals surface area contributed by atoms with Crippen LogP contribution >= 0.6 is 0 Å². The molecular formula is C28H29ClN4O6S. The number of sulfonamides is 1. The lowest BCUT2D eigenvalue weighted by atomic mass is 9.99. The van der Waals surface area contributed by atoms with Crippen molar-refractivity contribution in [3.8, 4) is 28.1 Å². The number of unbranched alkanes of at least 4 members (excludes halogenated alkanes) is 1. The molecule has 0 aliphatic heterocycles. The molecule has 0 aliphatic rings. The summed E-state index contributed by atoms with van der Waals surface area (Å²) in [6.45, 7) is 2.17. The van der Waals surface area contributed by atoms with Crippen LogP contribution in [0.4, 0.5) is 0 Å². The van der Waals surface area contributed by atoms with Crippen LogP contribution in [0.1, 0.15) is 25.5 Å². The van der Waals surface area contributed by atoms with Crippen molar-refractivity contribution in [2.75, 3.05) is 0 Å². The fraction of sp³-hybridized carbons (Fsp3) is 0.143. The molecule has 0 saturated heterocycles. The van der Waals surface area contributed by atoms with Crippen molar-refractivity contribution in [1.82, 2.24) is 0 Å². The monoisotopic (exact) mass is 584 g/mol. The number of rotatable bonds is 8. The summed E-state index contributed by atoms with van der Waals surface area (Å²) < 4.78 is 64.4. The summed E-state index contributed by atoms with van der Waals surface area (Å²) in [5.41, 5.74) is 17.0. The lowest BCUT2D eigenvalue weighted by molar-refractivity contribution is -2.00. The fourth-order valence-electron chi connectivity index (χ4n) is 4.08. The fourth-order valence-corrected chi connectivity index (χ4v) is 4.94. The first-order valence-electron chi connectivity index (χ1n) is 12.2. The maximum Gasteiger partial charge on any atom is 0.285 e. The summed E-state index contributed by atoms with van der Waals surface area (Å²) in [7, 11) is -8.90. The molecule has 0 fully saturated rings. The molecular weight excluding hydrogens is 556 g/mol. The van der Waals surface area contributed by atoms with Crippen molar-refractivity contribution < 1.29 is 41.9 Å². The van der Waals surface area contributed by atoms with E-state index in [9.17, 15) is 8.42 Å². The zero-order valence-corrected chi connectivity index (χ0v) is 23.2. The average molecular weight is 585 g/mol. The van der Waals surface area contributed by atoms with Gasteiger partial charge >= 0.3 is 0 Å². The Labute approximate surface area is 235 Å². The molecule has 4 aromatic rings. The summed E-state index contributed by atoms with van der Waals surface area (Å²) in [5, 5.41) is 0. The maximum atomic E-state index is 12.4. The molecule has 1 heterocycles. The molecule has 210 valence electrons. The van der Waals surface area contributed by atoms with Gasteiger partial charge in [-0.05, 0) is 41.8 Å². The highest BCUT2D eigenvalue weighted by molar-refractivity contribution is 7.90. The predicted octanol–water partition coefficient (Wildman–Crippen LogP) is -0.154. The van der Waals surface area contributed by atoms with E-state index in [2.05, 4.69) is 52.3 Å². The summed E-state index contributed by atoms with van der Waals surface area (Å²) in [5.74, 6) is -0.492. The van der Waals surface area contributed by atoms with E-state index in [1.54, 1.807) is 12.1 Å². The molecule has 0 radical (unpaired) electrons. The highest BCUT2D eigenvalue weighted by Gasteiger charge is 2.24. The topological polar surface area (TPSA) is 195 Å². The van der Waals surface area contributed by atoms with Gasteiger partial charge in [-0.15, -0.1) is 14.6 Å². The first-order chi connectivity index (χ1) is 18.9. The molecule has 0 amide bonds. The van der Waals surface area contributed by atoms with Gasteiger partial charge in [-0.1, -0.05) is 61.9 Å². The molecule has 1 aromatic heterocycles. The molecule has 0 bridgehead atoms. The number of hydrogen-bond acceptors (Lipinski definition) is 6. The van der Waals surface area contributed by atoms with Gasteiger partial charge in [0.05, 0.1) is 4.90 Å². The van der Waals surface area contributed by atoms with Crippen LogP contribution in [0.2, 0.25) is 0 Å². The quantitative estimate of drug-likeness (QED) is 0.162. The van der Waals surface area contributed by atoms with Gasteiger partial charge in [0.15, 0.2) is 5.69 Å². The van der Waals surface area contributed by atoms with Crippen LogP contribution in [-0.4, -0.2) is 14.4 Å². The minimum Gasteiger partial charge on any atom is -0.369 e. The Hall–Kier alpha value is -3.84. The van der Waals surface area contributed by atoms with Crippen molar-refractivity contribution in [1.29, 1.82) is 0 Å². The lowest BCUT2D eigenvalue weighted by Gasteiger charge is -2.17. The largest absolute Gasteiger partial charge is 0.369 e. The minimum absolute atomic E-state index is 0.0347. The summed E-state index contributed by atoms with van der Waals surface area (Å²) >= 11 is 0. The van der Waals surface area contributed by atoms with E-state index < -0.39 is 26.2 Å². The highest BCUT2D eigenvalue weighted by atomic mass is 35.7. The molecule has 40 heavy (non-hydrogen) atoms. The van der Waals surface area contributed by atoms with Gasteiger partial charge < -0.3 is 11.5 Å². The van der Waals surface area contributed by atoms with Gasteiger partial charge in [0.2, 0.25) is 17.3 Å². The SMILES string of the molecule is CCCCc1cc(-c2ccccc2)cc(-c2ccccc2)[n+]1-c1ccc(S(=O)(=O)N=C(N)N)cc1.[O-][Cl+3]([O-])([O-])[O-]. The number of nitrogens with zero attached hydrogens (tertiary/aromatic N) is 2. The molecule has 10 nitrogen and oxygen atoms in total. The highest BCUT2D eigenvalue weighted by Crippen LogP contribution is 2.27. The molecule has 0 unspecified atom stereocenters. The Bertz CT molecular complexity index is 1530. The number of guanidine groups is 1. The molecule has 0 aliphatic carbocycles. The van der Waals surface area contributed by atoms with Crippen LogP contribution in [0.5, 0.6) is 0 Å². The van der Waals surface area contributed by atoms with Crippen LogP contribution in [0.25, 0.3) is 28.1 Å². The number of hydrogen-bond donors (Lipinski definition) is 2. The Morgan fingerprint density at radius 2 is 1.32 bits per heavy atom. The molecule has 3 aromatic carbocycles. The smallest absolute Gasteiger partial charge is 0.285 e. The molecule has 4 N–H and O–H groups in total. The van der Waals surface area contributed by atoms with E-state index in [4.69, 9.17) is 30.1 Å². The zero-order valence-electron chi connectivity index (χ0n) is 21.6. The Morgan fingerprint density at radius 1 is 0.800 bits per heavy atom. The molecule has 0 spiro atoms. The van der Waals surface area contributed by atoms with Gasteiger partial charge in [-0.2, -0.15) is 13.0 Å². The van der Waals surface area contributed by atoms with Crippen molar-refractivity contribution in [2.24, 2.45) is 15.9 Å². The average Bonchev–Trinajstić information content (AvgIpc) is 2.91. The van der Waals surface area contributed by atoms with Gasteiger partial charge in [0.25, 0.3) is 10.0 Å². The van der Waals surface area contributed by atoms with E-state index in [1.807, 2.05) is 36.4 Å². The normalized spacial score (nSPS) is 11.3. The number of halogens is 1. The molecule has 0 atom stereocenters. The van der Waals surface area contributed by atoms with E-state index in [1.165, 1.54) is 12.1 Å². The van der Waals surface area contributed by atoms with Crippen molar-refractivity contribution in [3.63, 3.8) is 0 Å².